The first-order chi connectivity index (χ1) is 11.1. The van der Waals surface area contributed by atoms with Crippen LogP contribution >= 0.6 is 0 Å². The highest BCUT2D eigenvalue weighted by atomic mass is 16.5. The Morgan fingerprint density at radius 1 is 1.30 bits per heavy atom. The number of aromatic nitrogens is 2. The monoisotopic (exact) mass is 318 g/mol. The maximum atomic E-state index is 11.6. The Labute approximate surface area is 133 Å². The fourth-order valence-electron chi connectivity index (χ4n) is 1.67. The number of amides is 3. The van der Waals surface area contributed by atoms with Gasteiger partial charge in [-0.05, 0) is 37.6 Å². The highest BCUT2D eigenvalue weighted by molar-refractivity contribution is 5.95. The van der Waals surface area contributed by atoms with Gasteiger partial charge in [0.2, 0.25) is 12.3 Å². The van der Waals surface area contributed by atoms with Crippen molar-refractivity contribution < 1.29 is 18.7 Å². The number of imide groups is 1. The van der Waals surface area contributed by atoms with Crippen LogP contribution in [0.25, 0.3) is 11.5 Å². The van der Waals surface area contributed by atoms with Crippen LogP contribution in [0, 0.1) is 0 Å². The molecule has 1 atom stereocenters. The summed E-state index contributed by atoms with van der Waals surface area (Å²) in [6, 6.07) is 6.28. The number of urea groups is 1. The number of carbonyl (C=O) groups excluding carboxylic acids is 2. The number of nitrogens with zero attached hydrogens (tertiary/aromatic N) is 2. The molecule has 23 heavy (non-hydrogen) atoms. The second-order valence-electron chi connectivity index (χ2n) is 4.89. The molecule has 0 aliphatic carbocycles. The van der Waals surface area contributed by atoms with Crippen molar-refractivity contribution in [3.63, 3.8) is 0 Å². The molecule has 8 heteroatoms. The predicted octanol–water partition coefficient (Wildman–Crippen LogP) is 1.74. The maximum Gasteiger partial charge on any atom is 0.321 e. The van der Waals surface area contributed by atoms with E-state index in [1.807, 2.05) is 13.8 Å². The van der Waals surface area contributed by atoms with Crippen molar-refractivity contribution in [2.24, 2.45) is 0 Å². The summed E-state index contributed by atoms with van der Waals surface area (Å²) in [4.78, 5) is 23.1. The predicted molar refractivity (Wildman–Crippen MR) is 81.7 cm³/mol. The van der Waals surface area contributed by atoms with Gasteiger partial charge in [-0.1, -0.05) is 6.92 Å². The van der Waals surface area contributed by atoms with Gasteiger partial charge in [0.15, 0.2) is 6.61 Å². The van der Waals surface area contributed by atoms with Gasteiger partial charge in [0.05, 0.1) is 0 Å². The Kier molecular flexibility index (Phi) is 5.67. The fourth-order valence-corrected chi connectivity index (χ4v) is 1.67. The number of rotatable bonds is 6. The minimum absolute atomic E-state index is 0.000891. The Morgan fingerprint density at radius 2 is 2.04 bits per heavy atom. The van der Waals surface area contributed by atoms with Crippen molar-refractivity contribution in [2.45, 2.75) is 26.3 Å². The summed E-state index contributed by atoms with van der Waals surface area (Å²) in [5, 5.41) is 12.2. The Bertz CT molecular complexity index is 640. The molecule has 0 radical (unpaired) electrons. The van der Waals surface area contributed by atoms with E-state index in [9.17, 15) is 9.59 Å². The Hall–Kier alpha value is -2.90. The summed E-state index contributed by atoms with van der Waals surface area (Å²) in [5.41, 5.74) is 0.743. The second-order valence-corrected chi connectivity index (χ2v) is 4.89. The third-order valence-electron chi connectivity index (χ3n) is 3.07. The fraction of sp³-hybridized carbons (Fsp3) is 0.333. The summed E-state index contributed by atoms with van der Waals surface area (Å²) >= 11 is 0. The van der Waals surface area contributed by atoms with E-state index >= 15 is 0 Å². The number of nitrogens with one attached hydrogen (secondary N) is 2. The first-order valence-corrected chi connectivity index (χ1v) is 7.18. The molecule has 2 N–H and O–H groups in total. The summed E-state index contributed by atoms with van der Waals surface area (Å²) in [6.45, 7) is 3.53. The molecule has 2 aromatic rings. The zero-order valence-corrected chi connectivity index (χ0v) is 12.9. The number of carbonyl (C=O) groups is 2. The average molecular weight is 318 g/mol. The summed E-state index contributed by atoms with van der Waals surface area (Å²) < 4.78 is 10.4. The van der Waals surface area contributed by atoms with Crippen molar-refractivity contribution in [3.8, 4) is 17.2 Å². The lowest BCUT2D eigenvalue weighted by Crippen LogP contribution is -2.44. The molecule has 0 bridgehead atoms. The van der Waals surface area contributed by atoms with Gasteiger partial charge in [-0.3, -0.25) is 10.1 Å². The third kappa shape index (κ3) is 5.10. The standard InChI is InChI=1S/C15H18N4O4/c1-3-10(2)17-15(21)18-13(20)8-22-12-6-4-11(5-7-12)14-19-16-9-23-14/h4-7,9-10H,3,8H2,1-2H3,(H2,17,18,20,21)/t10-/m0/s1. The molecule has 1 aromatic heterocycles. The van der Waals surface area contributed by atoms with Gasteiger partial charge in [-0.15, -0.1) is 10.2 Å². The number of benzene rings is 1. The highest BCUT2D eigenvalue weighted by Crippen LogP contribution is 2.19. The quantitative estimate of drug-likeness (QED) is 0.840. The number of hydrogen-bond acceptors (Lipinski definition) is 6. The van der Waals surface area contributed by atoms with E-state index < -0.39 is 11.9 Å². The molecule has 0 fully saturated rings. The molecule has 122 valence electrons. The summed E-state index contributed by atoms with van der Waals surface area (Å²) in [6.07, 6.45) is 2.03. The molecule has 0 spiro atoms. The van der Waals surface area contributed by atoms with Gasteiger partial charge in [0.1, 0.15) is 5.75 Å². The van der Waals surface area contributed by atoms with Crippen LogP contribution < -0.4 is 15.4 Å². The van der Waals surface area contributed by atoms with Crippen molar-refractivity contribution in [1.29, 1.82) is 0 Å². The lowest BCUT2D eigenvalue weighted by atomic mass is 10.2. The van der Waals surface area contributed by atoms with Gasteiger partial charge < -0.3 is 14.5 Å². The van der Waals surface area contributed by atoms with Crippen molar-refractivity contribution >= 4 is 11.9 Å². The van der Waals surface area contributed by atoms with Crippen LogP contribution in [-0.4, -0.2) is 34.8 Å². The van der Waals surface area contributed by atoms with Gasteiger partial charge in [0.25, 0.3) is 5.91 Å². The van der Waals surface area contributed by atoms with E-state index in [1.165, 1.54) is 6.39 Å². The third-order valence-corrected chi connectivity index (χ3v) is 3.07. The number of hydrogen-bond donors (Lipinski definition) is 2. The summed E-state index contributed by atoms with van der Waals surface area (Å²) in [5.74, 6) is 0.369. The molecule has 0 aliphatic heterocycles. The smallest absolute Gasteiger partial charge is 0.321 e. The molecule has 0 saturated heterocycles. The molecule has 0 aliphatic rings. The number of ether oxygens (including phenoxy) is 1. The second kappa shape index (κ2) is 7.92. The zero-order valence-electron chi connectivity index (χ0n) is 12.9. The summed E-state index contributed by atoms with van der Waals surface area (Å²) in [7, 11) is 0. The largest absolute Gasteiger partial charge is 0.484 e. The van der Waals surface area contributed by atoms with E-state index in [1.54, 1.807) is 24.3 Å². The first-order valence-electron chi connectivity index (χ1n) is 7.18. The van der Waals surface area contributed by atoms with E-state index in [-0.39, 0.29) is 12.6 Å². The van der Waals surface area contributed by atoms with Gasteiger partial charge >= 0.3 is 6.03 Å². The van der Waals surface area contributed by atoms with Gasteiger partial charge in [-0.25, -0.2) is 4.79 Å². The van der Waals surface area contributed by atoms with E-state index in [0.717, 1.165) is 12.0 Å². The van der Waals surface area contributed by atoms with Crippen LogP contribution in [0.2, 0.25) is 0 Å². The van der Waals surface area contributed by atoms with Gasteiger partial charge in [0, 0.05) is 11.6 Å². The van der Waals surface area contributed by atoms with E-state index in [0.29, 0.717) is 11.6 Å². The first kappa shape index (κ1) is 16.5. The lowest BCUT2D eigenvalue weighted by Gasteiger charge is -2.12. The normalized spacial score (nSPS) is 11.6. The minimum Gasteiger partial charge on any atom is -0.484 e. The molecule has 1 heterocycles. The highest BCUT2D eigenvalue weighted by Gasteiger charge is 2.10. The Balaban J connectivity index is 1.79. The minimum atomic E-state index is -0.528. The van der Waals surface area contributed by atoms with E-state index in [2.05, 4.69) is 20.8 Å². The van der Waals surface area contributed by atoms with E-state index in [4.69, 9.17) is 9.15 Å². The van der Waals surface area contributed by atoms with Gasteiger partial charge in [-0.2, -0.15) is 0 Å². The van der Waals surface area contributed by atoms with Crippen LogP contribution in [-0.2, 0) is 4.79 Å². The molecule has 8 nitrogen and oxygen atoms in total. The van der Waals surface area contributed by atoms with Crippen molar-refractivity contribution in [1.82, 2.24) is 20.8 Å². The van der Waals surface area contributed by atoms with Crippen LogP contribution in [0.4, 0.5) is 4.79 Å². The molecule has 2 rings (SSSR count). The van der Waals surface area contributed by atoms with Crippen LogP contribution in [0.5, 0.6) is 5.75 Å². The maximum absolute atomic E-state index is 11.6. The van der Waals surface area contributed by atoms with Crippen LogP contribution in [0.1, 0.15) is 20.3 Å². The molecule has 0 unspecified atom stereocenters. The van der Waals surface area contributed by atoms with Crippen molar-refractivity contribution in [2.75, 3.05) is 6.61 Å². The molecular weight excluding hydrogens is 300 g/mol. The molecular formula is C15H18N4O4. The van der Waals surface area contributed by atoms with Crippen LogP contribution in [0.15, 0.2) is 35.1 Å². The van der Waals surface area contributed by atoms with Crippen molar-refractivity contribution in [3.05, 3.63) is 30.7 Å². The average Bonchev–Trinajstić information content (AvgIpc) is 3.07. The zero-order chi connectivity index (χ0) is 16.7. The lowest BCUT2D eigenvalue weighted by molar-refractivity contribution is -0.122. The molecule has 1 aromatic carbocycles. The molecule has 0 saturated carbocycles. The topological polar surface area (TPSA) is 106 Å². The SMILES string of the molecule is CC[C@H](C)NC(=O)NC(=O)COc1ccc(-c2nnco2)cc1. The molecule has 3 amide bonds. The van der Waals surface area contributed by atoms with Crippen LogP contribution in [0.3, 0.4) is 0 Å². The Morgan fingerprint density at radius 3 is 2.65 bits per heavy atom.